The number of anilines is 1. The Morgan fingerprint density at radius 2 is 1.38 bits per heavy atom. The first-order valence-electron chi connectivity index (χ1n) is 15.0. The number of carbonyl (C=O) groups is 2. The van der Waals surface area contributed by atoms with Gasteiger partial charge < -0.3 is 10.2 Å². The monoisotopic (exact) mass is 629 g/mol. The van der Waals surface area contributed by atoms with E-state index in [-0.39, 0.29) is 29.3 Å². The summed E-state index contributed by atoms with van der Waals surface area (Å²) < 4.78 is 44.3. The molecular weight excluding hydrogens is 589 g/mol. The molecule has 0 fully saturated rings. The van der Waals surface area contributed by atoms with Crippen LogP contribution in [0.15, 0.2) is 108 Å². The Labute approximate surface area is 265 Å². The third kappa shape index (κ3) is 8.79. The van der Waals surface area contributed by atoms with Gasteiger partial charge in [-0.15, -0.1) is 0 Å². The van der Waals surface area contributed by atoms with Gasteiger partial charge in [0.2, 0.25) is 11.8 Å². The van der Waals surface area contributed by atoms with E-state index >= 15 is 4.39 Å². The molecule has 2 amide bonds. The van der Waals surface area contributed by atoms with Crippen molar-refractivity contribution < 1.29 is 22.4 Å². The van der Waals surface area contributed by atoms with Crippen molar-refractivity contribution in [3.63, 3.8) is 0 Å². The highest BCUT2D eigenvalue weighted by Crippen LogP contribution is 2.26. The molecular formula is C36H40FN3O4S. The van der Waals surface area contributed by atoms with Crippen LogP contribution in [-0.2, 0) is 32.6 Å². The lowest BCUT2D eigenvalue weighted by Crippen LogP contribution is -2.53. The Bertz CT molecular complexity index is 1690. The van der Waals surface area contributed by atoms with E-state index < -0.39 is 40.2 Å². The van der Waals surface area contributed by atoms with Crippen molar-refractivity contribution in [3.8, 4) is 0 Å². The van der Waals surface area contributed by atoms with E-state index in [2.05, 4.69) is 5.32 Å². The van der Waals surface area contributed by atoms with Crippen LogP contribution in [0.3, 0.4) is 0 Å². The lowest BCUT2D eigenvalue weighted by Gasteiger charge is -2.34. The van der Waals surface area contributed by atoms with Gasteiger partial charge in [0.25, 0.3) is 10.0 Å². The number of hydrogen-bond donors (Lipinski definition) is 1. The molecule has 0 saturated heterocycles. The van der Waals surface area contributed by atoms with E-state index in [1.54, 1.807) is 54.6 Å². The summed E-state index contributed by atoms with van der Waals surface area (Å²) in [4.78, 5) is 29.5. The van der Waals surface area contributed by atoms with Crippen LogP contribution in [0.5, 0.6) is 0 Å². The molecule has 45 heavy (non-hydrogen) atoms. The molecule has 236 valence electrons. The summed E-state index contributed by atoms with van der Waals surface area (Å²) in [7, 11) is -4.21. The van der Waals surface area contributed by atoms with Gasteiger partial charge in [0.1, 0.15) is 18.4 Å². The molecule has 0 aliphatic rings. The van der Waals surface area contributed by atoms with Gasteiger partial charge >= 0.3 is 0 Å². The second kappa shape index (κ2) is 15.0. The number of hydrogen-bond acceptors (Lipinski definition) is 4. The molecule has 0 radical (unpaired) electrons. The molecule has 0 heterocycles. The number of sulfonamides is 1. The van der Waals surface area contributed by atoms with Gasteiger partial charge in [-0.3, -0.25) is 13.9 Å². The van der Waals surface area contributed by atoms with Crippen molar-refractivity contribution in [2.75, 3.05) is 17.4 Å². The third-order valence-corrected chi connectivity index (χ3v) is 9.25. The van der Waals surface area contributed by atoms with Crippen LogP contribution in [0.25, 0.3) is 0 Å². The topological polar surface area (TPSA) is 86.8 Å². The minimum Gasteiger partial charge on any atom is -0.354 e. The van der Waals surface area contributed by atoms with Crippen molar-refractivity contribution in [2.24, 2.45) is 5.92 Å². The number of amides is 2. The Hall–Kier alpha value is -4.50. The van der Waals surface area contributed by atoms with Crippen LogP contribution in [0, 0.1) is 25.6 Å². The summed E-state index contributed by atoms with van der Waals surface area (Å²) in [5.74, 6) is -1.42. The first-order chi connectivity index (χ1) is 21.5. The van der Waals surface area contributed by atoms with Crippen molar-refractivity contribution in [3.05, 3.63) is 131 Å². The van der Waals surface area contributed by atoms with E-state index in [0.717, 1.165) is 21.0 Å². The van der Waals surface area contributed by atoms with Crippen LogP contribution in [0.2, 0.25) is 0 Å². The largest absolute Gasteiger partial charge is 0.354 e. The number of carbonyl (C=O) groups excluding carboxylic acids is 2. The highest BCUT2D eigenvalue weighted by Gasteiger charge is 2.35. The van der Waals surface area contributed by atoms with E-state index in [9.17, 15) is 18.0 Å². The number of nitrogens with zero attached hydrogens (tertiary/aromatic N) is 2. The van der Waals surface area contributed by atoms with Gasteiger partial charge in [-0.05, 0) is 55.7 Å². The second-order valence-corrected chi connectivity index (χ2v) is 13.5. The molecule has 4 aromatic rings. The molecule has 1 atom stereocenters. The summed E-state index contributed by atoms with van der Waals surface area (Å²) in [6, 6.07) is 27.5. The zero-order chi connectivity index (χ0) is 32.6. The van der Waals surface area contributed by atoms with Gasteiger partial charge in [0.05, 0.1) is 10.6 Å². The number of benzene rings is 4. The fraction of sp³-hybridized carbons (Fsp3) is 0.278. The van der Waals surface area contributed by atoms with Crippen LogP contribution in [-0.4, -0.2) is 44.3 Å². The van der Waals surface area contributed by atoms with Crippen molar-refractivity contribution in [1.82, 2.24) is 10.2 Å². The number of halogens is 1. The number of aryl methyl sites for hydroxylation is 2. The van der Waals surface area contributed by atoms with Gasteiger partial charge in [0, 0.05) is 25.1 Å². The standard InChI is InChI=1S/C36H40FN3O4S/c1-26(2)23-38-36(42)34(22-29-10-6-5-7-11-29)39(24-30-12-8-9-13-33(30)37)35(41)25-40(31-18-14-27(3)15-19-31)45(43,44)32-20-16-28(4)17-21-32/h5-21,26,34H,22-25H2,1-4H3,(H,38,42)/t34-/m1/s1. The summed E-state index contributed by atoms with van der Waals surface area (Å²) in [5.41, 5.74) is 3.12. The van der Waals surface area contributed by atoms with Gasteiger partial charge in [0.15, 0.2) is 0 Å². The van der Waals surface area contributed by atoms with Crippen LogP contribution in [0.4, 0.5) is 10.1 Å². The highest BCUT2D eigenvalue weighted by atomic mass is 32.2. The van der Waals surface area contributed by atoms with Crippen LogP contribution < -0.4 is 9.62 Å². The Morgan fingerprint density at radius 3 is 1.98 bits per heavy atom. The van der Waals surface area contributed by atoms with E-state index in [1.165, 1.54) is 23.1 Å². The molecule has 0 unspecified atom stereocenters. The van der Waals surface area contributed by atoms with Crippen LogP contribution in [0.1, 0.15) is 36.1 Å². The predicted molar refractivity (Wildman–Crippen MR) is 176 cm³/mol. The highest BCUT2D eigenvalue weighted by molar-refractivity contribution is 7.92. The molecule has 0 saturated carbocycles. The first-order valence-corrected chi connectivity index (χ1v) is 16.4. The number of rotatable bonds is 13. The first kappa shape index (κ1) is 33.4. The fourth-order valence-electron chi connectivity index (χ4n) is 4.86. The smallest absolute Gasteiger partial charge is 0.264 e. The Balaban J connectivity index is 1.80. The lowest BCUT2D eigenvalue weighted by molar-refractivity contribution is -0.140. The average molecular weight is 630 g/mol. The van der Waals surface area contributed by atoms with Crippen LogP contribution >= 0.6 is 0 Å². The molecule has 4 rings (SSSR count). The molecule has 9 heteroatoms. The zero-order valence-corrected chi connectivity index (χ0v) is 26.9. The molecule has 4 aromatic carbocycles. The summed E-state index contributed by atoms with van der Waals surface area (Å²) in [6.45, 7) is 7.21. The summed E-state index contributed by atoms with van der Waals surface area (Å²) in [5, 5.41) is 2.93. The van der Waals surface area contributed by atoms with Crippen molar-refractivity contribution in [2.45, 2.75) is 51.6 Å². The minimum atomic E-state index is -4.21. The maximum atomic E-state index is 15.0. The maximum Gasteiger partial charge on any atom is 0.264 e. The van der Waals surface area contributed by atoms with E-state index in [0.29, 0.717) is 12.2 Å². The fourth-order valence-corrected chi connectivity index (χ4v) is 6.28. The van der Waals surface area contributed by atoms with Crippen molar-refractivity contribution >= 4 is 27.5 Å². The molecule has 7 nitrogen and oxygen atoms in total. The normalized spacial score (nSPS) is 12.0. The second-order valence-electron chi connectivity index (χ2n) is 11.6. The maximum absolute atomic E-state index is 15.0. The molecule has 0 spiro atoms. The molecule has 0 aromatic heterocycles. The third-order valence-electron chi connectivity index (χ3n) is 7.46. The van der Waals surface area contributed by atoms with Gasteiger partial charge in [-0.2, -0.15) is 0 Å². The minimum absolute atomic E-state index is 0.0256. The number of nitrogens with one attached hydrogen (secondary N) is 1. The Kier molecular flexibility index (Phi) is 11.1. The molecule has 0 aliphatic carbocycles. The lowest BCUT2D eigenvalue weighted by atomic mass is 10.0. The van der Waals surface area contributed by atoms with Gasteiger partial charge in [-0.25, -0.2) is 12.8 Å². The average Bonchev–Trinajstić information content (AvgIpc) is 3.02. The Morgan fingerprint density at radius 1 is 0.800 bits per heavy atom. The zero-order valence-electron chi connectivity index (χ0n) is 26.1. The summed E-state index contributed by atoms with van der Waals surface area (Å²) >= 11 is 0. The van der Waals surface area contributed by atoms with Crippen molar-refractivity contribution in [1.29, 1.82) is 0 Å². The SMILES string of the molecule is Cc1ccc(N(CC(=O)N(Cc2ccccc2F)[C@H](Cc2ccccc2)C(=O)NCC(C)C)S(=O)(=O)c2ccc(C)cc2)cc1. The quantitative estimate of drug-likeness (QED) is 0.195. The van der Waals surface area contributed by atoms with E-state index in [4.69, 9.17) is 0 Å². The summed E-state index contributed by atoms with van der Waals surface area (Å²) in [6.07, 6.45) is 0.153. The van der Waals surface area contributed by atoms with Gasteiger partial charge in [-0.1, -0.05) is 97.8 Å². The molecule has 0 bridgehead atoms. The molecule has 0 aliphatic heterocycles. The molecule has 1 N–H and O–H groups in total. The van der Waals surface area contributed by atoms with E-state index in [1.807, 2.05) is 58.0 Å². The predicted octanol–water partition coefficient (Wildman–Crippen LogP) is 6.05.